The summed E-state index contributed by atoms with van der Waals surface area (Å²) in [7, 11) is 0. The van der Waals surface area contributed by atoms with Gasteiger partial charge in [0.1, 0.15) is 0 Å². The van der Waals surface area contributed by atoms with Gasteiger partial charge in [0.05, 0.1) is 0 Å². The first-order chi connectivity index (χ1) is 3.15. The number of alkyl halides is 1. The molecule has 0 aliphatic carbocycles. The molecule has 44 valence electrons. The molecule has 1 heteroatoms. The average molecular weight is 121 g/mol. The predicted molar refractivity (Wildman–Crippen MR) is 36.9 cm³/mol. The van der Waals surface area contributed by atoms with Crippen LogP contribution in [0.15, 0.2) is 12.7 Å². The molecule has 0 spiro atoms. The molecule has 0 bridgehead atoms. The first kappa shape index (κ1) is 10.1. The van der Waals surface area contributed by atoms with Gasteiger partial charge >= 0.3 is 0 Å². The minimum Gasteiger partial charge on any atom is -0.124 e. The number of hydrogen-bond acceptors (Lipinski definition) is 0. The van der Waals surface area contributed by atoms with Gasteiger partial charge in [-0.25, -0.2) is 0 Å². The molecule has 0 N–H and O–H groups in total. The second kappa shape index (κ2) is 9.39. The molecule has 0 aromatic heterocycles. The maximum atomic E-state index is 5.27. The van der Waals surface area contributed by atoms with E-state index in [1.54, 1.807) is 6.08 Å². The van der Waals surface area contributed by atoms with Crippen molar-refractivity contribution in [2.75, 3.05) is 0 Å². The van der Waals surface area contributed by atoms with Crippen LogP contribution in [0.25, 0.3) is 0 Å². The smallest absolute Gasteiger partial charge is 0.0279 e. The molecular formula is C6H13Cl. The van der Waals surface area contributed by atoms with Crippen LogP contribution in [0.3, 0.4) is 0 Å². The first-order valence-electron chi connectivity index (χ1n) is 2.36. The van der Waals surface area contributed by atoms with Crippen LogP contribution in [0, 0.1) is 0 Å². The molecule has 0 rings (SSSR count). The largest absolute Gasteiger partial charge is 0.124 e. The second-order valence-electron chi connectivity index (χ2n) is 1.42. The molecule has 0 aromatic carbocycles. The molecule has 0 amide bonds. The normalized spacial score (nSPS) is 7.00. The highest BCUT2D eigenvalue weighted by atomic mass is 35.5. The molecule has 0 aliphatic heterocycles. The predicted octanol–water partition coefficient (Wildman–Crippen LogP) is 2.83. The molecule has 0 fully saturated rings. The second-order valence-corrected chi connectivity index (χ2v) is 2.29. The van der Waals surface area contributed by atoms with Gasteiger partial charge in [0, 0.05) is 5.38 Å². The van der Waals surface area contributed by atoms with Crippen LogP contribution in [0.2, 0.25) is 0 Å². The van der Waals surface area contributed by atoms with Crippen molar-refractivity contribution in [3.05, 3.63) is 12.7 Å². The summed E-state index contributed by atoms with van der Waals surface area (Å²) in [5, 5.41) is 0.306. The lowest BCUT2D eigenvalue weighted by Gasteiger charge is -1.76. The van der Waals surface area contributed by atoms with Crippen LogP contribution in [0.5, 0.6) is 0 Å². The monoisotopic (exact) mass is 120 g/mol. The molecule has 0 aliphatic rings. The van der Waals surface area contributed by atoms with Crippen LogP contribution in [-0.2, 0) is 0 Å². The number of allylic oxidation sites excluding steroid dienone is 1. The maximum Gasteiger partial charge on any atom is 0.0279 e. The van der Waals surface area contributed by atoms with Crippen LogP contribution in [-0.4, -0.2) is 5.38 Å². The minimum atomic E-state index is 0.306. The van der Waals surface area contributed by atoms with Crippen LogP contribution in [0.1, 0.15) is 20.8 Å². The van der Waals surface area contributed by atoms with Gasteiger partial charge < -0.3 is 0 Å². The Morgan fingerprint density at radius 1 is 1.57 bits per heavy atom. The summed E-state index contributed by atoms with van der Waals surface area (Å²) in [5.74, 6) is 0. The van der Waals surface area contributed by atoms with Crippen molar-refractivity contribution in [3.8, 4) is 0 Å². The fourth-order valence-electron chi connectivity index (χ4n) is 0. The molecule has 0 aromatic rings. The van der Waals surface area contributed by atoms with Gasteiger partial charge in [-0.15, -0.1) is 18.2 Å². The quantitative estimate of drug-likeness (QED) is 0.341. The molecule has 0 saturated heterocycles. The third kappa shape index (κ3) is 109000. The highest BCUT2D eigenvalue weighted by Crippen LogP contribution is 1.84. The lowest BCUT2D eigenvalue weighted by Crippen LogP contribution is -1.70. The topological polar surface area (TPSA) is 0 Å². The Kier molecular flexibility index (Phi) is 13.6. The van der Waals surface area contributed by atoms with Gasteiger partial charge in [-0.3, -0.25) is 0 Å². The Morgan fingerprint density at radius 3 is 1.57 bits per heavy atom. The molecule has 0 radical (unpaired) electrons. The van der Waals surface area contributed by atoms with E-state index in [-0.39, 0.29) is 0 Å². The Balaban J connectivity index is 0. The third-order valence-electron chi connectivity index (χ3n) is 0. The number of hydrogen-bond donors (Lipinski definition) is 0. The van der Waals surface area contributed by atoms with Crippen LogP contribution >= 0.6 is 11.6 Å². The summed E-state index contributed by atoms with van der Waals surface area (Å²) >= 11 is 5.27. The molecule has 0 saturated carbocycles. The zero-order valence-corrected chi connectivity index (χ0v) is 6.00. The van der Waals surface area contributed by atoms with E-state index >= 15 is 0 Å². The van der Waals surface area contributed by atoms with Crippen molar-refractivity contribution >= 4 is 11.6 Å². The average Bonchev–Trinajstić information content (AvgIpc) is 1.33. The van der Waals surface area contributed by atoms with E-state index in [0.717, 1.165) is 0 Å². The van der Waals surface area contributed by atoms with E-state index in [2.05, 4.69) is 6.58 Å². The van der Waals surface area contributed by atoms with Gasteiger partial charge in [0.15, 0.2) is 0 Å². The van der Waals surface area contributed by atoms with Crippen LogP contribution < -0.4 is 0 Å². The molecule has 0 atom stereocenters. The van der Waals surface area contributed by atoms with E-state index < -0.39 is 0 Å². The van der Waals surface area contributed by atoms with Crippen molar-refractivity contribution in [2.24, 2.45) is 0 Å². The first-order valence-corrected chi connectivity index (χ1v) is 2.79. The number of rotatable bonds is 0. The third-order valence-corrected chi connectivity index (χ3v) is 0. The van der Waals surface area contributed by atoms with Gasteiger partial charge in [0.25, 0.3) is 0 Å². The van der Waals surface area contributed by atoms with Gasteiger partial charge in [-0.1, -0.05) is 6.08 Å². The Morgan fingerprint density at radius 2 is 1.57 bits per heavy atom. The molecule has 7 heavy (non-hydrogen) atoms. The summed E-state index contributed by atoms with van der Waals surface area (Å²) in [6, 6.07) is 0. The maximum absolute atomic E-state index is 5.27. The molecule has 0 heterocycles. The highest BCUT2D eigenvalue weighted by Gasteiger charge is 1.71. The SMILES string of the molecule is C=CC.CC(C)Cl. The van der Waals surface area contributed by atoms with Gasteiger partial charge in [0.2, 0.25) is 0 Å². The van der Waals surface area contributed by atoms with E-state index in [4.69, 9.17) is 11.6 Å². The lowest BCUT2D eigenvalue weighted by atomic mass is 10.6. The van der Waals surface area contributed by atoms with E-state index in [0.29, 0.717) is 5.38 Å². The fourth-order valence-corrected chi connectivity index (χ4v) is 0. The summed E-state index contributed by atoms with van der Waals surface area (Å²) in [6.07, 6.45) is 1.75. The molecule has 0 nitrogen and oxygen atoms in total. The van der Waals surface area contributed by atoms with Crippen molar-refractivity contribution < 1.29 is 0 Å². The van der Waals surface area contributed by atoms with Crippen molar-refractivity contribution in [1.82, 2.24) is 0 Å². The van der Waals surface area contributed by atoms with Crippen LogP contribution in [0.4, 0.5) is 0 Å². The Bertz CT molecular complexity index is 28.4. The van der Waals surface area contributed by atoms with E-state index in [1.807, 2.05) is 20.8 Å². The van der Waals surface area contributed by atoms with E-state index in [1.165, 1.54) is 0 Å². The summed E-state index contributed by atoms with van der Waals surface area (Å²) in [6.45, 7) is 9.11. The van der Waals surface area contributed by atoms with Crippen molar-refractivity contribution in [1.29, 1.82) is 0 Å². The fraction of sp³-hybridized carbons (Fsp3) is 0.667. The van der Waals surface area contributed by atoms with E-state index in [9.17, 15) is 0 Å². The lowest BCUT2D eigenvalue weighted by molar-refractivity contribution is 1.10. The van der Waals surface area contributed by atoms with Crippen molar-refractivity contribution in [3.63, 3.8) is 0 Å². The summed E-state index contributed by atoms with van der Waals surface area (Å²) in [5.41, 5.74) is 0. The zero-order chi connectivity index (χ0) is 6.28. The Hall–Kier alpha value is 0.0300. The standard InChI is InChI=1S/C3H7Cl.C3H6/c1-3(2)4;1-3-2/h3H,1-2H3;3H,1H2,2H3. The highest BCUT2D eigenvalue weighted by molar-refractivity contribution is 6.20. The van der Waals surface area contributed by atoms with Gasteiger partial charge in [-0.05, 0) is 20.8 Å². The van der Waals surface area contributed by atoms with Gasteiger partial charge in [-0.2, -0.15) is 0 Å². The van der Waals surface area contributed by atoms with Crippen molar-refractivity contribution in [2.45, 2.75) is 26.1 Å². The summed E-state index contributed by atoms with van der Waals surface area (Å²) < 4.78 is 0. The molecule has 0 unspecified atom stereocenters. The molecular weight excluding hydrogens is 108 g/mol. The minimum absolute atomic E-state index is 0.306. The Labute approximate surface area is 51.2 Å². The zero-order valence-electron chi connectivity index (χ0n) is 5.24. The summed E-state index contributed by atoms with van der Waals surface area (Å²) in [4.78, 5) is 0. The number of halogens is 1.